The third-order valence-electron chi connectivity index (χ3n) is 2.78. The van der Waals surface area contributed by atoms with E-state index >= 15 is 0 Å². The van der Waals surface area contributed by atoms with Gasteiger partial charge in [-0.25, -0.2) is 13.1 Å². The molecule has 2 aromatic rings. The minimum Gasteiger partial charge on any atom is -0.393 e. The van der Waals surface area contributed by atoms with E-state index in [1.54, 1.807) is 37.5 Å². The van der Waals surface area contributed by atoms with E-state index in [0.29, 0.717) is 11.8 Å². The van der Waals surface area contributed by atoms with Crippen molar-refractivity contribution in [3.05, 3.63) is 36.7 Å². The fourth-order valence-electron chi connectivity index (χ4n) is 1.81. The number of sulfonamides is 1. The summed E-state index contributed by atoms with van der Waals surface area (Å²) in [5.74, 6) is 0. The Labute approximate surface area is 112 Å². The zero-order chi connectivity index (χ0) is 13.9. The normalized spacial score (nSPS) is 13.6. The number of rotatable bonds is 5. The fraction of sp³-hybridized carbons (Fsp3) is 0.308. The Hall–Kier alpha value is -1.50. The van der Waals surface area contributed by atoms with Gasteiger partial charge >= 0.3 is 0 Å². The van der Waals surface area contributed by atoms with Gasteiger partial charge in [-0.05, 0) is 25.5 Å². The molecular formula is C13H16N2O3S. The second kappa shape index (κ2) is 5.64. The predicted molar refractivity (Wildman–Crippen MR) is 73.2 cm³/mol. The third kappa shape index (κ3) is 3.28. The van der Waals surface area contributed by atoms with Gasteiger partial charge < -0.3 is 5.11 Å². The van der Waals surface area contributed by atoms with E-state index < -0.39 is 16.1 Å². The second-order valence-electron chi connectivity index (χ2n) is 4.39. The van der Waals surface area contributed by atoms with Crippen molar-refractivity contribution >= 4 is 20.8 Å². The molecule has 0 radical (unpaired) electrons. The lowest BCUT2D eigenvalue weighted by atomic mass is 10.2. The van der Waals surface area contributed by atoms with Crippen molar-refractivity contribution in [2.24, 2.45) is 0 Å². The minimum absolute atomic E-state index is 0.210. The van der Waals surface area contributed by atoms with Crippen LogP contribution in [0.1, 0.15) is 13.3 Å². The molecule has 19 heavy (non-hydrogen) atoms. The minimum atomic E-state index is -3.57. The largest absolute Gasteiger partial charge is 0.393 e. The molecule has 6 heteroatoms. The number of nitrogens with zero attached hydrogens (tertiary/aromatic N) is 1. The number of benzene rings is 1. The average Bonchev–Trinajstić information content (AvgIpc) is 2.37. The molecule has 0 saturated heterocycles. The Kier molecular flexibility index (Phi) is 4.14. The maximum atomic E-state index is 12.2. The lowest BCUT2D eigenvalue weighted by molar-refractivity contribution is 0.186. The number of aliphatic hydroxyl groups excluding tert-OH is 1. The molecule has 2 N–H and O–H groups in total. The van der Waals surface area contributed by atoms with Crippen molar-refractivity contribution in [2.75, 3.05) is 6.54 Å². The van der Waals surface area contributed by atoms with Gasteiger partial charge in [0.1, 0.15) is 0 Å². The van der Waals surface area contributed by atoms with Gasteiger partial charge in [0, 0.05) is 29.7 Å². The first-order valence-corrected chi connectivity index (χ1v) is 7.49. The summed E-state index contributed by atoms with van der Waals surface area (Å²) in [6.45, 7) is 1.83. The Morgan fingerprint density at radius 2 is 2.16 bits per heavy atom. The van der Waals surface area contributed by atoms with Crippen molar-refractivity contribution in [1.82, 2.24) is 9.71 Å². The monoisotopic (exact) mass is 280 g/mol. The van der Waals surface area contributed by atoms with Gasteiger partial charge in [-0.2, -0.15) is 0 Å². The van der Waals surface area contributed by atoms with E-state index in [0.717, 1.165) is 5.39 Å². The average molecular weight is 280 g/mol. The van der Waals surface area contributed by atoms with Gasteiger partial charge in [0.25, 0.3) is 0 Å². The van der Waals surface area contributed by atoms with Crippen LogP contribution in [0.5, 0.6) is 0 Å². The van der Waals surface area contributed by atoms with Crippen molar-refractivity contribution in [3.63, 3.8) is 0 Å². The van der Waals surface area contributed by atoms with Gasteiger partial charge in [-0.1, -0.05) is 12.1 Å². The quantitative estimate of drug-likeness (QED) is 0.865. The maximum absolute atomic E-state index is 12.2. The van der Waals surface area contributed by atoms with Crippen molar-refractivity contribution < 1.29 is 13.5 Å². The van der Waals surface area contributed by atoms with Crippen LogP contribution in [0.25, 0.3) is 10.8 Å². The van der Waals surface area contributed by atoms with Crippen LogP contribution in [-0.2, 0) is 10.0 Å². The van der Waals surface area contributed by atoms with Crippen LogP contribution in [0, 0.1) is 0 Å². The Morgan fingerprint density at radius 1 is 1.37 bits per heavy atom. The lowest BCUT2D eigenvalue weighted by Gasteiger charge is -2.10. The van der Waals surface area contributed by atoms with Crippen LogP contribution < -0.4 is 4.72 Å². The van der Waals surface area contributed by atoms with E-state index in [9.17, 15) is 8.42 Å². The van der Waals surface area contributed by atoms with Crippen LogP contribution in [-0.4, -0.2) is 31.2 Å². The lowest BCUT2D eigenvalue weighted by Crippen LogP contribution is -2.26. The van der Waals surface area contributed by atoms with Crippen LogP contribution in [0.2, 0.25) is 0 Å². The maximum Gasteiger partial charge on any atom is 0.241 e. The van der Waals surface area contributed by atoms with Crippen LogP contribution in [0.4, 0.5) is 0 Å². The first kappa shape index (κ1) is 13.9. The topological polar surface area (TPSA) is 79.3 Å². The van der Waals surface area contributed by atoms with E-state index in [2.05, 4.69) is 9.71 Å². The van der Waals surface area contributed by atoms with Crippen LogP contribution in [0.15, 0.2) is 41.6 Å². The molecule has 1 atom stereocenters. The molecule has 0 bridgehead atoms. The summed E-state index contributed by atoms with van der Waals surface area (Å²) in [7, 11) is -3.57. The molecule has 0 aliphatic heterocycles. The molecule has 1 unspecified atom stereocenters. The first-order valence-electron chi connectivity index (χ1n) is 6.01. The molecule has 1 heterocycles. The Bertz CT molecular complexity index is 663. The number of aliphatic hydroxyl groups is 1. The summed E-state index contributed by atoms with van der Waals surface area (Å²) in [6, 6.07) is 6.75. The highest BCUT2D eigenvalue weighted by Gasteiger charge is 2.16. The van der Waals surface area contributed by atoms with Gasteiger partial charge in [0.2, 0.25) is 10.0 Å². The van der Waals surface area contributed by atoms with E-state index in [1.807, 2.05) is 6.07 Å². The van der Waals surface area contributed by atoms with Gasteiger partial charge in [-0.15, -0.1) is 0 Å². The molecule has 0 spiro atoms. The molecular weight excluding hydrogens is 264 g/mol. The Morgan fingerprint density at radius 3 is 2.89 bits per heavy atom. The molecule has 102 valence electrons. The van der Waals surface area contributed by atoms with Gasteiger partial charge in [0.05, 0.1) is 11.0 Å². The SMILES string of the molecule is CC(O)CCNS(=O)(=O)c1cccc2cnccc12. The number of pyridine rings is 1. The zero-order valence-corrected chi connectivity index (χ0v) is 11.4. The highest BCUT2D eigenvalue weighted by Crippen LogP contribution is 2.21. The van der Waals surface area contributed by atoms with E-state index in [1.165, 1.54) is 0 Å². The molecule has 0 aliphatic rings. The molecule has 2 rings (SSSR count). The summed E-state index contributed by atoms with van der Waals surface area (Å²) in [5, 5.41) is 10.6. The Balaban J connectivity index is 2.33. The van der Waals surface area contributed by atoms with Crippen LogP contribution >= 0.6 is 0 Å². The molecule has 1 aromatic carbocycles. The summed E-state index contributed by atoms with van der Waals surface area (Å²) >= 11 is 0. The van der Waals surface area contributed by atoms with Gasteiger partial charge in [0.15, 0.2) is 0 Å². The van der Waals surface area contributed by atoms with Crippen molar-refractivity contribution in [3.8, 4) is 0 Å². The molecule has 1 aromatic heterocycles. The van der Waals surface area contributed by atoms with Crippen molar-refractivity contribution in [2.45, 2.75) is 24.3 Å². The summed E-state index contributed by atoms with van der Waals surface area (Å²) < 4.78 is 26.9. The van der Waals surface area contributed by atoms with E-state index in [4.69, 9.17) is 5.11 Å². The molecule has 0 saturated carbocycles. The third-order valence-corrected chi connectivity index (χ3v) is 4.30. The smallest absolute Gasteiger partial charge is 0.241 e. The fourth-order valence-corrected chi connectivity index (χ4v) is 3.08. The molecule has 0 amide bonds. The highest BCUT2D eigenvalue weighted by atomic mass is 32.2. The number of hydrogen-bond donors (Lipinski definition) is 2. The summed E-state index contributed by atoms with van der Waals surface area (Å²) in [4.78, 5) is 4.21. The van der Waals surface area contributed by atoms with Crippen LogP contribution in [0.3, 0.4) is 0 Å². The summed E-state index contributed by atoms with van der Waals surface area (Å²) in [6.07, 6.45) is 3.05. The van der Waals surface area contributed by atoms with E-state index in [-0.39, 0.29) is 11.4 Å². The summed E-state index contributed by atoms with van der Waals surface area (Å²) in [5.41, 5.74) is 0. The molecule has 0 aliphatic carbocycles. The second-order valence-corrected chi connectivity index (χ2v) is 6.12. The van der Waals surface area contributed by atoms with Crippen molar-refractivity contribution in [1.29, 1.82) is 0 Å². The number of hydrogen-bond acceptors (Lipinski definition) is 4. The molecule has 0 fully saturated rings. The zero-order valence-electron chi connectivity index (χ0n) is 10.6. The first-order chi connectivity index (χ1) is 9.00. The highest BCUT2D eigenvalue weighted by molar-refractivity contribution is 7.89. The number of nitrogens with one attached hydrogen (secondary N) is 1. The van der Waals surface area contributed by atoms with Gasteiger partial charge in [-0.3, -0.25) is 4.98 Å². The predicted octanol–water partition coefficient (Wildman–Crippen LogP) is 1.28. The molecule has 5 nitrogen and oxygen atoms in total. The number of aromatic nitrogens is 1. The standard InChI is InChI=1S/C13H16N2O3S/c1-10(16)5-8-15-19(17,18)13-4-2-3-11-9-14-7-6-12(11)13/h2-4,6-7,9-10,15-16H,5,8H2,1H3. The number of fused-ring (bicyclic) bond motifs is 1.